The maximum absolute atomic E-state index is 5.98. The maximum atomic E-state index is 5.98. The number of hydrogen-bond donors (Lipinski definition) is 1. The summed E-state index contributed by atoms with van der Waals surface area (Å²) >= 11 is 11.8. The molecule has 1 fully saturated rings. The van der Waals surface area contributed by atoms with Crippen LogP contribution in [0.4, 0.5) is 5.69 Å². The normalized spacial score (nSPS) is 19.0. The highest BCUT2D eigenvalue weighted by Gasteiger charge is 2.20. The SMILES string of the molecule is CC(Nc1cc(Cl)nnc1Cl)C1CCCCC1. The van der Waals surface area contributed by atoms with Crippen molar-refractivity contribution in [1.29, 1.82) is 0 Å². The highest BCUT2D eigenvalue weighted by molar-refractivity contribution is 6.33. The summed E-state index contributed by atoms with van der Waals surface area (Å²) in [4.78, 5) is 0. The van der Waals surface area contributed by atoms with Crippen LogP contribution in [-0.2, 0) is 0 Å². The van der Waals surface area contributed by atoms with Crippen molar-refractivity contribution in [3.05, 3.63) is 16.4 Å². The molecule has 1 aliphatic carbocycles. The lowest BCUT2D eigenvalue weighted by molar-refractivity contribution is 0.328. The van der Waals surface area contributed by atoms with Crippen molar-refractivity contribution < 1.29 is 0 Å². The molecule has 0 radical (unpaired) electrons. The van der Waals surface area contributed by atoms with E-state index in [1.165, 1.54) is 32.1 Å². The average molecular weight is 274 g/mol. The Morgan fingerprint density at radius 2 is 1.94 bits per heavy atom. The third kappa shape index (κ3) is 3.46. The molecule has 1 unspecified atom stereocenters. The molecule has 1 heterocycles. The van der Waals surface area contributed by atoms with Crippen LogP contribution in [-0.4, -0.2) is 16.2 Å². The van der Waals surface area contributed by atoms with E-state index in [1.807, 2.05) is 0 Å². The Balaban J connectivity index is 2.01. The topological polar surface area (TPSA) is 37.8 Å². The number of rotatable bonds is 3. The van der Waals surface area contributed by atoms with Crippen molar-refractivity contribution in [2.45, 2.75) is 45.1 Å². The Labute approximate surface area is 112 Å². The average Bonchev–Trinajstić information content (AvgIpc) is 2.35. The zero-order valence-corrected chi connectivity index (χ0v) is 11.4. The van der Waals surface area contributed by atoms with Gasteiger partial charge in [-0.2, -0.15) is 0 Å². The van der Waals surface area contributed by atoms with Crippen molar-refractivity contribution in [1.82, 2.24) is 10.2 Å². The number of aromatic nitrogens is 2. The molecule has 1 aliphatic rings. The monoisotopic (exact) mass is 273 g/mol. The summed E-state index contributed by atoms with van der Waals surface area (Å²) in [5.74, 6) is 0.715. The van der Waals surface area contributed by atoms with E-state index in [1.54, 1.807) is 6.07 Å². The van der Waals surface area contributed by atoms with E-state index in [0.29, 0.717) is 22.3 Å². The van der Waals surface area contributed by atoms with Crippen LogP contribution in [0.15, 0.2) is 6.07 Å². The molecule has 17 heavy (non-hydrogen) atoms. The summed E-state index contributed by atoms with van der Waals surface area (Å²) in [6, 6.07) is 2.13. The lowest BCUT2D eigenvalue weighted by Crippen LogP contribution is -2.27. The van der Waals surface area contributed by atoms with Gasteiger partial charge in [0.05, 0.1) is 5.69 Å². The van der Waals surface area contributed by atoms with E-state index in [4.69, 9.17) is 23.2 Å². The third-order valence-corrected chi connectivity index (χ3v) is 3.92. The smallest absolute Gasteiger partial charge is 0.174 e. The number of anilines is 1. The van der Waals surface area contributed by atoms with Gasteiger partial charge in [0.2, 0.25) is 0 Å². The van der Waals surface area contributed by atoms with E-state index in [9.17, 15) is 0 Å². The minimum absolute atomic E-state index is 0.368. The van der Waals surface area contributed by atoms with Gasteiger partial charge in [-0.3, -0.25) is 0 Å². The predicted octanol–water partition coefficient (Wildman–Crippen LogP) is 4.16. The lowest BCUT2D eigenvalue weighted by atomic mass is 9.84. The minimum Gasteiger partial charge on any atom is -0.380 e. The molecular formula is C12H17Cl2N3. The molecule has 1 saturated carbocycles. The third-order valence-electron chi connectivity index (χ3n) is 3.46. The van der Waals surface area contributed by atoms with Gasteiger partial charge in [0.15, 0.2) is 10.3 Å². The molecule has 5 heteroatoms. The molecule has 1 N–H and O–H groups in total. The zero-order chi connectivity index (χ0) is 12.3. The van der Waals surface area contributed by atoms with Crippen LogP contribution < -0.4 is 5.32 Å². The predicted molar refractivity (Wildman–Crippen MR) is 71.7 cm³/mol. The summed E-state index contributed by atoms with van der Waals surface area (Å²) in [6.07, 6.45) is 6.61. The molecule has 0 bridgehead atoms. The number of nitrogens with zero attached hydrogens (tertiary/aromatic N) is 2. The molecule has 0 aromatic carbocycles. The summed E-state index contributed by atoms with van der Waals surface area (Å²) in [7, 11) is 0. The molecule has 94 valence electrons. The standard InChI is InChI=1S/C12H17Cl2N3/c1-8(9-5-3-2-4-6-9)15-10-7-11(13)16-17-12(10)14/h7-9H,2-6H2,1H3,(H,15,16). The van der Waals surface area contributed by atoms with E-state index in [0.717, 1.165) is 5.69 Å². The van der Waals surface area contributed by atoms with Gasteiger partial charge in [0.1, 0.15) is 0 Å². The van der Waals surface area contributed by atoms with Crippen LogP contribution in [0.1, 0.15) is 39.0 Å². The molecule has 1 aromatic rings. The minimum atomic E-state index is 0.368. The van der Waals surface area contributed by atoms with Crippen molar-refractivity contribution in [2.75, 3.05) is 5.32 Å². The molecule has 0 spiro atoms. The fraction of sp³-hybridized carbons (Fsp3) is 0.667. The lowest BCUT2D eigenvalue weighted by Gasteiger charge is -2.29. The fourth-order valence-electron chi connectivity index (χ4n) is 2.45. The molecule has 1 aromatic heterocycles. The summed E-state index contributed by atoms with van der Waals surface area (Å²) in [5, 5.41) is 11.7. The molecule has 0 amide bonds. The van der Waals surface area contributed by atoms with Gasteiger partial charge in [-0.15, -0.1) is 10.2 Å². The van der Waals surface area contributed by atoms with Gasteiger partial charge in [-0.1, -0.05) is 42.5 Å². The van der Waals surface area contributed by atoms with Crippen molar-refractivity contribution in [3.63, 3.8) is 0 Å². The maximum Gasteiger partial charge on any atom is 0.174 e. The van der Waals surface area contributed by atoms with Gasteiger partial charge in [0, 0.05) is 12.1 Å². The van der Waals surface area contributed by atoms with Crippen LogP contribution in [0, 0.1) is 5.92 Å². The number of halogens is 2. The molecular weight excluding hydrogens is 257 g/mol. The van der Waals surface area contributed by atoms with Crippen LogP contribution in [0.3, 0.4) is 0 Å². The second-order valence-electron chi connectivity index (χ2n) is 4.70. The first kappa shape index (κ1) is 12.9. The number of hydrogen-bond acceptors (Lipinski definition) is 3. The highest BCUT2D eigenvalue weighted by Crippen LogP contribution is 2.29. The van der Waals surface area contributed by atoms with E-state index in [-0.39, 0.29) is 0 Å². The van der Waals surface area contributed by atoms with Gasteiger partial charge < -0.3 is 5.32 Å². The molecule has 2 rings (SSSR count). The van der Waals surface area contributed by atoms with Gasteiger partial charge in [-0.05, 0) is 25.7 Å². The van der Waals surface area contributed by atoms with E-state index in [2.05, 4.69) is 22.4 Å². The van der Waals surface area contributed by atoms with Crippen molar-refractivity contribution in [2.24, 2.45) is 5.92 Å². The Bertz CT molecular complexity index is 378. The van der Waals surface area contributed by atoms with E-state index >= 15 is 0 Å². The summed E-state index contributed by atoms with van der Waals surface area (Å²) < 4.78 is 0. The van der Waals surface area contributed by atoms with Crippen molar-refractivity contribution >= 4 is 28.9 Å². The van der Waals surface area contributed by atoms with Gasteiger partial charge >= 0.3 is 0 Å². The largest absolute Gasteiger partial charge is 0.380 e. The summed E-state index contributed by atoms with van der Waals surface area (Å²) in [5.41, 5.74) is 0.782. The first-order chi connectivity index (χ1) is 8.16. The molecule has 0 aliphatic heterocycles. The Morgan fingerprint density at radius 1 is 1.24 bits per heavy atom. The second kappa shape index (κ2) is 5.87. The first-order valence-electron chi connectivity index (χ1n) is 6.12. The Kier molecular flexibility index (Phi) is 4.46. The molecule has 0 saturated heterocycles. The zero-order valence-electron chi connectivity index (χ0n) is 9.92. The fourth-order valence-corrected chi connectivity index (χ4v) is 2.75. The molecule has 1 atom stereocenters. The van der Waals surface area contributed by atoms with Crippen LogP contribution >= 0.6 is 23.2 Å². The first-order valence-corrected chi connectivity index (χ1v) is 6.87. The van der Waals surface area contributed by atoms with Crippen molar-refractivity contribution in [3.8, 4) is 0 Å². The van der Waals surface area contributed by atoms with Crippen LogP contribution in [0.5, 0.6) is 0 Å². The van der Waals surface area contributed by atoms with Gasteiger partial charge in [0.25, 0.3) is 0 Å². The van der Waals surface area contributed by atoms with Crippen LogP contribution in [0.2, 0.25) is 10.3 Å². The van der Waals surface area contributed by atoms with Gasteiger partial charge in [-0.25, -0.2) is 0 Å². The Hall–Kier alpha value is -0.540. The Morgan fingerprint density at radius 3 is 2.65 bits per heavy atom. The van der Waals surface area contributed by atoms with E-state index < -0.39 is 0 Å². The number of nitrogens with one attached hydrogen (secondary N) is 1. The molecule has 3 nitrogen and oxygen atoms in total. The highest BCUT2D eigenvalue weighted by atomic mass is 35.5. The quantitative estimate of drug-likeness (QED) is 0.899. The second-order valence-corrected chi connectivity index (χ2v) is 5.45. The summed E-state index contributed by atoms with van der Waals surface area (Å²) in [6.45, 7) is 2.20. The van der Waals surface area contributed by atoms with Crippen LogP contribution in [0.25, 0.3) is 0 Å².